The van der Waals surface area contributed by atoms with E-state index in [-0.39, 0.29) is 12.1 Å². The fourth-order valence-electron chi connectivity index (χ4n) is 4.75. The van der Waals surface area contributed by atoms with Crippen molar-refractivity contribution in [2.45, 2.75) is 43.5 Å². The molecule has 29 heavy (non-hydrogen) atoms. The zero-order chi connectivity index (χ0) is 19.8. The van der Waals surface area contributed by atoms with Gasteiger partial charge in [-0.1, -0.05) is 30.8 Å². The normalized spacial score (nSPS) is 26.4. The number of methoxy groups -OCH3 is 1. The topological polar surface area (TPSA) is 41.0 Å². The molecule has 0 radical (unpaired) electrons. The second-order valence-electron chi connectivity index (χ2n) is 8.11. The second kappa shape index (κ2) is 7.90. The van der Waals surface area contributed by atoms with E-state index in [1.807, 2.05) is 24.0 Å². The number of fused-ring (bicyclic) bond motifs is 1. The van der Waals surface area contributed by atoms with Gasteiger partial charge in [0.15, 0.2) is 5.17 Å². The molecule has 1 aromatic carbocycles. The van der Waals surface area contributed by atoms with Crippen molar-refractivity contribution in [1.82, 2.24) is 9.88 Å². The fraction of sp³-hybridized carbons (Fsp3) is 0.478. The van der Waals surface area contributed by atoms with E-state index >= 15 is 0 Å². The number of anilines is 1. The summed E-state index contributed by atoms with van der Waals surface area (Å²) < 4.78 is 5.92. The summed E-state index contributed by atoms with van der Waals surface area (Å²) in [7, 11) is 1.78. The highest BCUT2D eigenvalue weighted by molar-refractivity contribution is 8.14. The monoisotopic (exact) mass is 408 g/mol. The third-order valence-corrected chi connectivity index (χ3v) is 7.24. The Balaban J connectivity index is 1.53. The fourth-order valence-corrected chi connectivity index (χ4v) is 5.84. The van der Waals surface area contributed by atoms with Crippen LogP contribution in [0.1, 0.15) is 49.5 Å². The molecule has 0 aliphatic carbocycles. The second-order valence-corrected chi connectivity index (χ2v) is 9.52. The average Bonchev–Trinajstić information content (AvgIpc) is 3.30. The Hall–Kier alpha value is -2.21. The lowest BCUT2D eigenvalue weighted by Crippen LogP contribution is -2.30. The van der Waals surface area contributed by atoms with Crippen LogP contribution < -0.4 is 9.64 Å². The molecule has 1 aromatic heterocycles. The van der Waals surface area contributed by atoms with Gasteiger partial charge in [-0.3, -0.25) is 9.98 Å². The van der Waals surface area contributed by atoms with Gasteiger partial charge in [-0.2, -0.15) is 0 Å². The number of aliphatic imine (C=N–C) groups is 1. The van der Waals surface area contributed by atoms with E-state index in [2.05, 4.69) is 52.0 Å². The number of hydrogen-bond donors (Lipinski definition) is 0. The Labute approximate surface area is 177 Å². The maximum Gasteiger partial charge on any atom is 0.160 e. The van der Waals surface area contributed by atoms with Crippen molar-refractivity contribution in [1.29, 1.82) is 0 Å². The minimum absolute atomic E-state index is 0.000867. The number of aromatic nitrogens is 1. The molecule has 5 nitrogen and oxygen atoms in total. The van der Waals surface area contributed by atoms with Crippen LogP contribution in [0.25, 0.3) is 0 Å². The average molecular weight is 409 g/mol. The van der Waals surface area contributed by atoms with Crippen LogP contribution in [-0.2, 0) is 0 Å². The SMILES string of the molecule is COc1cc(N2CCCCC2)ccc1[C@@H]1[C@@H](c2ccccn2)N=C2S[C@@H](C)CN21. The number of ether oxygens (including phenoxy) is 1. The minimum atomic E-state index is 0.000867. The first kappa shape index (κ1) is 18.8. The number of benzene rings is 1. The van der Waals surface area contributed by atoms with Gasteiger partial charge in [0.25, 0.3) is 0 Å². The van der Waals surface area contributed by atoms with Gasteiger partial charge in [0.05, 0.1) is 18.8 Å². The highest BCUT2D eigenvalue weighted by atomic mass is 32.2. The van der Waals surface area contributed by atoms with Gasteiger partial charge < -0.3 is 14.5 Å². The molecule has 0 saturated carbocycles. The standard InChI is InChI=1S/C23H28N4OS/c1-16-15-27-22(21(25-23(27)29-16)19-8-4-5-11-24-19)18-10-9-17(14-20(18)28-2)26-12-6-3-7-13-26/h4-5,8-11,14,16,21-22H,3,6-7,12-13,15H2,1-2H3/t16-,21+,22+/m0/s1. The third-order valence-electron chi connectivity index (χ3n) is 6.14. The molecule has 0 bridgehead atoms. The van der Waals surface area contributed by atoms with Gasteiger partial charge in [0.1, 0.15) is 11.8 Å². The number of thioether (sulfide) groups is 1. The third kappa shape index (κ3) is 3.48. The van der Waals surface area contributed by atoms with Gasteiger partial charge in [-0.15, -0.1) is 0 Å². The van der Waals surface area contributed by atoms with Crippen LogP contribution in [-0.4, -0.2) is 47.0 Å². The quantitative estimate of drug-likeness (QED) is 0.735. The highest BCUT2D eigenvalue weighted by Crippen LogP contribution is 2.50. The first-order valence-electron chi connectivity index (χ1n) is 10.6. The molecular weight excluding hydrogens is 380 g/mol. The van der Waals surface area contributed by atoms with Crippen LogP contribution in [0.3, 0.4) is 0 Å². The lowest BCUT2D eigenvalue weighted by atomic mass is 9.95. The van der Waals surface area contributed by atoms with Gasteiger partial charge in [0, 0.05) is 48.4 Å². The van der Waals surface area contributed by atoms with Crippen molar-refractivity contribution in [2.24, 2.45) is 4.99 Å². The summed E-state index contributed by atoms with van der Waals surface area (Å²) in [6.45, 7) is 5.55. The zero-order valence-electron chi connectivity index (χ0n) is 17.1. The van der Waals surface area contributed by atoms with Crippen LogP contribution in [0.2, 0.25) is 0 Å². The van der Waals surface area contributed by atoms with Crippen molar-refractivity contribution >= 4 is 22.6 Å². The molecule has 0 N–H and O–H groups in total. The summed E-state index contributed by atoms with van der Waals surface area (Å²) in [6.07, 6.45) is 5.75. The molecule has 5 rings (SSSR count). The van der Waals surface area contributed by atoms with Crippen molar-refractivity contribution in [2.75, 3.05) is 31.6 Å². The molecule has 3 atom stereocenters. The number of pyridine rings is 1. The van der Waals surface area contributed by atoms with Crippen molar-refractivity contribution in [3.8, 4) is 5.75 Å². The number of nitrogens with zero attached hydrogens (tertiary/aromatic N) is 4. The van der Waals surface area contributed by atoms with Gasteiger partial charge in [-0.05, 0) is 37.5 Å². The first-order chi connectivity index (χ1) is 14.2. The molecular formula is C23H28N4OS. The molecule has 152 valence electrons. The lowest BCUT2D eigenvalue weighted by molar-refractivity contribution is 0.307. The molecule has 3 aliphatic heterocycles. The summed E-state index contributed by atoms with van der Waals surface area (Å²) in [6, 6.07) is 13.0. The number of hydrogen-bond acceptors (Lipinski definition) is 6. The van der Waals surface area contributed by atoms with Gasteiger partial charge in [0.2, 0.25) is 0 Å². The van der Waals surface area contributed by atoms with Crippen LogP contribution in [0, 0.1) is 0 Å². The van der Waals surface area contributed by atoms with E-state index in [1.165, 1.54) is 30.5 Å². The molecule has 3 aliphatic rings. The molecule has 2 aromatic rings. The Morgan fingerprint density at radius 1 is 1.10 bits per heavy atom. The Morgan fingerprint density at radius 2 is 1.97 bits per heavy atom. The molecule has 0 spiro atoms. The van der Waals surface area contributed by atoms with Crippen LogP contribution in [0.15, 0.2) is 47.6 Å². The molecule has 0 unspecified atom stereocenters. The Morgan fingerprint density at radius 3 is 2.72 bits per heavy atom. The lowest BCUT2D eigenvalue weighted by Gasteiger charge is -2.31. The molecule has 4 heterocycles. The van der Waals surface area contributed by atoms with E-state index in [1.54, 1.807) is 7.11 Å². The van der Waals surface area contributed by atoms with Crippen molar-refractivity contribution in [3.63, 3.8) is 0 Å². The van der Waals surface area contributed by atoms with E-state index in [0.717, 1.165) is 36.2 Å². The van der Waals surface area contributed by atoms with Gasteiger partial charge >= 0.3 is 0 Å². The van der Waals surface area contributed by atoms with E-state index in [0.29, 0.717) is 5.25 Å². The predicted molar refractivity (Wildman–Crippen MR) is 120 cm³/mol. The highest BCUT2D eigenvalue weighted by Gasteiger charge is 2.44. The minimum Gasteiger partial charge on any atom is -0.496 e. The smallest absolute Gasteiger partial charge is 0.160 e. The Bertz CT molecular complexity index is 897. The van der Waals surface area contributed by atoms with Crippen LogP contribution in [0.4, 0.5) is 5.69 Å². The van der Waals surface area contributed by atoms with E-state index in [9.17, 15) is 0 Å². The number of amidine groups is 1. The number of rotatable bonds is 4. The first-order valence-corrected chi connectivity index (χ1v) is 11.5. The summed E-state index contributed by atoms with van der Waals surface area (Å²) >= 11 is 1.87. The molecule has 0 amide bonds. The van der Waals surface area contributed by atoms with E-state index in [4.69, 9.17) is 9.73 Å². The maximum absolute atomic E-state index is 5.92. The summed E-state index contributed by atoms with van der Waals surface area (Å²) in [5, 5.41) is 1.69. The van der Waals surface area contributed by atoms with Crippen molar-refractivity contribution < 1.29 is 4.74 Å². The molecule has 6 heteroatoms. The number of piperidine rings is 1. The summed E-state index contributed by atoms with van der Waals surface area (Å²) in [4.78, 5) is 14.7. The van der Waals surface area contributed by atoms with Crippen LogP contribution >= 0.6 is 11.8 Å². The van der Waals surface area contributed by atoms with Crippen LogP contribution in [0.5, 0.6) is 5.75 Å². The largest absolute Gasteiger partial charge is 0.496 e. The zero-order valence-corrected chi connectivity index (χ0v) is 17.9. The summed E-state index contributed by atoms with van der Waals surface area (Å²) in [5.74, 6) is 0.958. The van der Waals surface area contributed by atoms with Crippen molar-refractivity contribution in [3.05, 3.63) is 53.9 Å². The Kier molecular flexibility index (Phi) is 5.12. The summed E-state index contributed by atoms with van der Waals surface area (Å²) in [5.41, 5.74) is 3.50. The maximum atomic E-state index is 5.92. The van der Waals surface area contributed by atoms with E-state index < -0.39 is 0 Å². The molecule has 2 saturated heterocycles. The molecule has 2 fully saturated rings. The van der Waals surface area contributed by atoms with Gasteiger partial charge in [-0.25, -0.2) is 0 Å². The predicted octanol–water partition coefficient (Wildman–Crippen LogP) is 4.67.